The number of hydrogen-bond donors (Lipinski definition) is 0. The van der Waals surface area contributed by atoms with Crippen molar-refractivity contribution < 1.29 is 9.53 Å². The van der Waals surface area contributed by atoms with Gasteiger partial charge < -0.3 is 14.2 Å². The van der Waals surface area contributed by atoms with Crippen molar-refractivity contribution in [3.8, 4) is 5.75 Å². The molecule has 6 nitrogen and oxygen atoms in total. The Hall–Kier alpha value is -2.08. The van der Waals surface area contributed by atoms with Crippen LogP contribution in [-0.2, 0) is 11.3 Å². The van der Waals surface area contributed by atoms with Crippen LogP contribution in [-0.4, -0.2) is 45.3 Å². The van der Waals surface area contributed by atoms with E-state index in [0.29, 0.717) is 23.2 Å². The molecule has 2 aliphatic rings. The SMILES string of the molecule is Cc1ccc(Cl)c(OCC(=O)N2CC(c3nncn3CC(C)C)C3(CCC3)C2)c1. The van der Waals surface area contributed by atoms with Crippen LogP contribution in [0.15, 0.2) is 24.5 Å². The van der Waals surface area contributed by atoms with Crippen LogP contribution in [0.1, 0.15) is 50.4 Å². The van der Waals surface area contributed by atoms with Crippen molar-refractivity contribution in [2.24, 2.45) is 11.3 Å². The summed E-state index contributed by atoms with van der Waals surface area (Å²) in [4.78, 5) is 14.9. The predicted octanol–water partition coefficient (Wildman–Crippen LogP) is 4.07. The number of nitrogens with zero attached hydrogens (tertiary/aromatic N) is 4. The Morgan fingerprint density at radius 3 is 2.86 bits per heavy atom. The maximum Gasteiger partial charge on any atom is 0.260 e. The molecule has 1 unspecified atom stereocenters. The Morgan fingerprint density at radius 1 is 1.38 bits per heavy atom. The standard InChI is InChI=1S/C22H29ClN4O2/c1-15(2)10-27-14-24-25-21(27)17-11-26(13-22(17)7-4-8-22)20(28)12-29-19-9-16(3)5-6-18(19)23/h5-6,9,14-15,17H,4,7-8,10-13H2,1-3H3. The fraction of sp³-hybridized carbons (Fsp3) is 0.591. The minimum absolute atomic E-state index is 0.00462. The summed E-state index contributed by atoms with van der Waals surface area (Å²) in [6.07, 6.45) is 5.32. The van der Waals surface area contributed by atoms with Crippen molar-refractivity contribution in [1.82, 2.24) is 19.7 Å². The van der Waals surface area contributed by atoms with Crippen LogP contribution in [0.2, 0.25) is 5.02 Å². The first-order chi connectivity index (χ1) is 13.9. The van der Waals surface area contributed by atoms with Gasteiger partial charge in [0.15, 0.2) is 6.61 Å². The highest BCUT2D eigenvalue weighted by atomic mass is 35.5. The molecule has 29 heavy (non-hydrogen) atoms. The molecule has 7 heteroatoms. The van der Waals surface area contributed by atoms with Gasteiger partial charge in [0.05, 0.1) is 5.02 Å². The minimum Gasteiger partial charge on any atom is -0.482 e. The molecule has 0 bridgehead atoms. The van der Waals surface area contributed by atoms with Gasteiger partial charge in [0.2, 0.25) is 0 Å². The molecule has 1 saturated carbocycles. The Balaban J connectivity index is 1.47. The molecule has 1 aromatic heterocycles. The maximum atomic E-state index is 12.9. The van der Waals surface area contributed by atoms with Gasteiger partial charge in [0.25, 0.3) is 5.91 Å². The highest BCUT2D eigenvalue weighted by Gasteiger charge is 2.53. The topological polar surface area (TPSA) is 60.2 Å². The lowest BCUT2D eigenvalue weighted by atomic mass is 9.62. The van der Waals surface area contributed by atoms with E-state index in [2.05, 4.69) is 28.6 Å². The summed E-state index contributed by atoms with van der Waals surface area (Å²) in [7, 11) is 0. The highest BCUT2D eigenvalue weighted by Crippen LogP contribution is 2.55. The Bertz CT molecular complexity index is 891. The Kier molecular flexibility index (Phi) is 5.56. The molecular formula is C22H29ClN4O2. The number of amides is 1. The molecule has 1 aromatic carbocycles. The van der Waals surface area contributed by atoms with E-state index < -0.39 is 0 Å². The van der Waals surface area contributed by atoms with Crippen LogP contribution in [0.3, 0.4) is 0 Å². The molecule has 2 fully saturated rings. The van der Waals surface area contributed by atoms with Crippen LogP contribution < -0.4 is 4.74 Å². The number of aromatic nitrogens is 3. The van der Waals surface area contributed by atoms with Gasteiger partial charge in [0.1, 0.15) is 17.9 Å². The average molecular weight is 417 g/mol. The van der Waals surface area contributed by atoms with E-state index in [1.54, 1.807) is 6.07 Å². The summed E-state index contributed by atoms with van der Waals surface area (Å²) in [5.41, 5.74) is 1.19. The third-order valence-electron chi connectivity index (χ3n) is 6.31. The number of benzene rings is 1. The normalized spacial score (nSPS) is 20.3. The quantitative estimate of drug-likeness (QED) is 0.712. The lowest BCUT2D eigenvalue weighted by Gasteiger charge is -2.42. The smallest absolute Gasteiger partial charge is 0.260 e. The first-order valence-corrected chi connectivity index (χ1v) is 10.8. The molecule has 1 amide bonds. The van der Waals surface area contributed by atoms with Crippen molar-refractivity contribution in [3.05, 3.63) is 40.9 Å². The second-order valence-electron chi connectivity index (χ2n) is 9.00. The fourth-order valence-electron chi connectivity index (χ4n) is 4.67. The lowest BCUT2D eigenvalue weighted by molar-refractivity contribution is -0.133. The summed E-state index contributed by atoms with van der Waals surface area (Å²) in [5.74, 6) is 2.35. The molecule has 0 radical (unpaired) electrons. The summed E-state index contributed by atoms with van der Waals surface area (Å²) >= 11 is 6.20. The number of carbonyl (C=O) groups is 1. The zero-order valence-corrected chi connectivity index (χ0v) is 18.2. The fourth-order valence-corrected chi connectivity index (χ4v) is 4.84. The molecule has 2 aromatic rings. The summed E-state index contributed by atoms with van der Waals surface area (Å²) in [6.45, 7) is 8.73. The predicted molar refractivity (Wildman–Crippen MR) is 112 cm³/mol. The van der Waals surface area contributed by atoms with Crippen molar-refractivity contribution >= 4 is 17.5 Å². The molecule has 1 spiro atoms. The second-order valence-corrected chi connectivity index (χ2v) is 9.41. The number of hydrogen-bond acceptors (Lipinski definition) is 4. The van der Waals surface area contributed by atoms with Crippen molar-refractivity contribution in [2.45, 2.75) is 52.5 Å². The van der Waals surface area contributed by atoms with Gasteiger partial charge in [0, 0.05) is 25.6 Å². The molecular weight excluding hydrogens is 388 g/mol. The molecule has 1 atom stereocenters. The Morgan fingerprint density at radius 2 is 2.17 bits per heavy atom. The number of halogens is 1. The third kappa shape index (κ3) is 4.00. The van der Waals surface area contributed by atoms with Crippen molar-refractivity contribution in [2.75, 3.05) is 19.7 Å². The van der Waals surface area contributed by atoms with E-state index in [9.17, 15) is 4.79 Å². The minimum atomic E-state index is 0.00462. The molecule has 1 aliphatic carbocycles. The molecule has 156 valence electrons. The summed E-state index contributed by atoms with van der Waals surface area (Å²) in [6, 6.07) is 5.59. The zero-order chi connectivity index (χ0) is 20.6. The number of ether oxygens (including phenoxy) is 1. The molecule has 1 saturated heterocycles. The van der Waals surface area contributed by atoms with Gasteiger partial charge in [-0.05, 0) is 48.8 Å². The van der Waals surface area contributed by atoms with Crippen LogP contribution >= 0.6 is 11.6 Å². The van der Waals surface area contributed by atoms with Gasteiger partial charge in [-0.2, -0.15) is 0 Å². The first kappa shape index (κ1) is 20.2. The second kappa shape index (κ2) is 7.98. The molecule has 2 heterocycles. The summed E-state index contributed by atoms with van der Waals surface area (Å²) < 4.78 is 7.93. The number of likely N-dealkylation sites (tertiary alicyclic amines) is 1. The zero-order valence-electron chi connectivity index (χ0n) is 17.4. The third-order valence-corrected chi connectivity index (χ3v) is 6.62. The molecule has 0 N–H and O–H groups in total. The average Bonchev–Trinajstić information content (AvgIpc) is 3.25. The molecule has 4 rings (SSSR count). The lowest BCUT2D eigenvalue weighted by Crippen LogP contribution is -2.39. The largest absolute Gasteiger partial charge is 0.482 e. The van der Waals surface area contributed by atoms with Crippen molar-refractivity contribution in [3.63, 3.8) is 0 Å². The maximum absolute atomic E-state index is 12.9. The Labute approximate surface area is 177 Å². The van der Waals surface area contributed by atoms with Crippen LogP contribution in [0.5, 0.6) is 5.75 Å². The van der Waals surface area contributed by atoms with Crippen molar-refractivity contribution in [1.29, 1.82) is 0 Å². The van der Waals surface area contributed by atoms with Gasteiger partial charge in [-0.25, -0.2) is 0 Å². The van der Waals surface area contributed by atoms with Gasteiger partial charge >= 0.3 is 0 Å². The van der Waals surface area contributed by atoms with Crippen LogP contribution in [0.25, 0.3) is 0 Å². The van der Waals surface area contributed by atoms with E-state index >= 15 is 0 Å². The van der Waals surface area contributed by atoms with Crippen LogP contribution in [0, 0.1) is 18.3 Å². The van der Waals surface area contributed by atoms with E-state index in [0.717, 1.165) is 37.3 Å². The van der Waals surface area contributed by atoms with Gasteiger partial charge in [-0.3, -0.25) is 4.79 Å². The number of aryl methyl sites for hydroxylation is 1. The number of rotatable bonds is 6. The van der Waals surface area contributed by atoms with Gasteiger partial charge in [-0.1, -0.05) is 37.9 Å². The summed E-state index contributed by atoms with van der Waals surface area (Å²) in [5, 5.41) is 9.17. The monoisotopic (exact) mass is 416 g/mol. The van der Waals surface area contributed by atoms with E-state index in [1.165, 1.54) is 6.42 Å². The number of carbonyl (C=O) groups excluding carboxylic acids is 1. The first-order valence-electron chi connectivity index (χ1n) is 10.4. The van der Waals surface area contributed by atoms with Crippen LogP contribution in [0.4, 0.5) is 0 Å². The van der Waals surface area contributed by atoms with E-state index in [-0.39, 0.29) is 23.8 Å². The van der Waals surface area contributed by atoms with E-state index in [4.69, 9.17) is 16.3 Å². The van der Waals surface area contributed by atoms with Gasteiger partial charge in [-0.15, -0.1) is 10.2 Å². The molecule has 1 aliphatic heterocycles. The highest BCUT2D eigenvalue weighted by molar-refractivity contribution is 6.32. The van der Waals surface area contributed by atoms with E-state index in [1.807, 2.05) is 30.3 Å².